The van der Waals surface area contributed by atoms with Crippen molar-refractivity contribution < 1.29 is 14.7 Å². The highest BCUT2D eigenvalue weighted by molar-refractivity contribution is 5.85. The average molecular weight is 183 g/mol. The Morgan fingerprint density at radius 1 is 1.54 bits per heavy atom. The van der Waals surface area contributed by atoms with E-state index >= 15 is 0 Å². The monoisotopic (exact) mass is 183 g/mol. The lowest BCUT2D eigenvalue weighted by molar-refractivity contribution is -0.132. The largest absolute Gasteiger partial charge is 0.478 e. The number of carbonyl (C=O) groups excluding carboxylic acids is 1. The van der Waals surface area contributed by atoms with Crippen LogP contribution in [0.4, 0.5) is 0 Å². The molecule has 0 heterocycles. The lowest BCUT2D eigenvalue weighted by Crippen LogP contribution is -1.95. The minimum absolute atomic E-state index is 0.360. The first-order valence-electron chi connectivity index (χ1n) is 4.12. The fraction of sp³-hybridized carbons (Fsp3) is 0.556. The van der Waals surface area contributed by atoms with Crippen LogP contribution in [0.25, 0.3) is 0 Å². The maximum Gasteiger partial charge on any atom is 0.330 e. The molecule has 0 saturated heterocycles. The topological polar surface area (TPSA) is 66.7 Å². The first-order chi connectivity index (χ1) is 6.18. The van der Waals surface area contributed by atoms with Gasteiger partial charge in [0.05, 0.1) is 6.54 Å². The standard InChI is InChI=1S/C9H13NO3/c1-8(9(12)13)5-3-2-4-6-10-7-11/h5H,2-4,6H2,1H3,(H,12,13)/b8-5+. The third kappa shape index (κ3) is 6.97. The molecule has 72 valence electrons. The molecular weight excluding hydrogens is 170 g/mol. The molecule has 0 radical (unpaired) electrons. The van der Waals surface area contributed by atoms with Gasteiger partial charge in [0.15, 0.2) is 0 Å². The van der Waals surface area contributed by atoms with Gasteiger partial charge >= 0.3 is 5.97 Å². The molecule has 0 aliphatic heterocycles. The zero-order valence-electron chi connectivity index (χ0n) is 7.62. The normalized spacial score (nSPS) is 10.7. The van der Waals surface area contributed by atoms with E-state index in [4.69, 9.17) is 5.11 Å². The summed E-state index contributed by atoms with van der Waals surface area (Å²) in [6.07, 6.45) is 5.47. The molecule has 0 bridgehead atoms. The highest BCUT2D eigenvalue weighted by Crippen LogP contribution is 2.01. The van der Waals surface area contributed by atoms with Gasteiger partial charge in [0, 0.05) is 5.57 Å². The van der Waals surface area contributed by atoms with Crippen LogP contribution >= 0.6 is 0 Å². The Balaban J connectivity index is 3.49. The van der Waals surface area contributed by atoms with Crippen LogP contribution in [0.1, 0.15) is 26.2 Å². The van der Waals surface area contributed by atoms with Gasteiger partial charge in [-0.15, -0.1) is 0 Å². The molecule has 4 heteroatoms. The van der Waals surface area contributed by atoms with Gasteiger partial charge in [0.25, 0.3) is 0 Å². The number of nitrogens with zero attached hydrogens (tertiary/aromatic N) is 1. The second-order valence-corrected chi connectivity index (χ2v) is 2.66. The molecule has 0 atom stereocenters. The Kier molecular flexibility index (Phi) is 6.46. The molecule has 0 fully saturated rings. The Labute approximate surface area is 77.0 Å². The Morgan fingerprint density at radius 3 is 2.77 bits per heavy atom. The number of allylic oxidation sites excluding steroid dienone is 1. The minimum atomic E-state index is -0.883. The average Bonchev–Trinajstić information content (AvgIpc) is 2.10. The van der Waals surface area contributed by atoms with Gasteiger partial charge in [0.1, 0.15) is 0 Å². The van der Waals surface area contributed by atoms with Crippen molar-refractivity contribution >= 4 is 12.0 Å². The van der Waals surface area contributed by atoms with Gasteiger partial charge in [-0.2, -0.15) is 0 Å². The maximum absolute atomic E-state index is 10.3. The highest BCUT2D eigenvalue weighted by atomic mass is 16.4. The van der Waals surface area contributed by atoms with Crippen molar-refractivity contribution in [2.75, 3.05) is 6.54 Å². The number of hydrogen-bond donors (Lipinski definition) is 1. The van der Waals surface area contributed by atoms with Gasteiger partial charge in [-0.3, -0.25) is 0 Å². The zero-order chi connectivity index (χ0) is 10.1. The summed E-state index contributed by atoms with van der Waals surface area (Å²) in [5, 5.41) is 8.48. The molecule has 0 rings (SSSR count). The fourth-order valence-corrected chi connectivity index (χ4v) is 0.787. The number of isocyanates is 1. The second-order valence-electron chi connectivity index (χ2n) is 2.66. The molecule has 0 aliphatic rings. The molecule has 0 aromatic carbocycles. The SMILES string of the molecule is C/C(=C\CCCCN=C=O)C(=O)O. The maximum atomic E-state index is 10.3. The van der Waals surface area contributed by atoms with Crippen LogP contribution in [0.5, 0.6) is 0 Å². The van der Waals surface area contributed by atoms with Crippen molar-refractivity contribution in [2.24, 2.45) is 4.99 Å². The van der Waals surface area contributed by atoms with Crippen LogP contribution in [-0.4, -0.2) is 23.7 Å². The number of rotatable bonds is 6. The van der Waals surface area contributed by atoms with E-state index in [-0.39, 0.29) is 0 Å². The van der Waals surface area contributed by atoms with Crippen molar-refractivity contribution in [3.8, 4) is 0 Å². The molecule has 0 spiro atoms. The van der Waals surface area contributed by atoms with Crippen molar-refractivity contribution in [3.05, 3.63) is 11.6 Å². The summed E-state index contributed by atoms with van der Waals surface area (Å²) in [5.41, 5.74) is 0.360. The van der Waals surface area contributed by atoms with Gasteiger partial charge < -0.3 is 5.11 Å². The van der Waals surface area contributed by atoms with Crippen molar-refractivity contribution in [2.45, 2.75) is 26.2 Å². The van der Waals surface area contributed by atoms with Crippen LogP contribution in [0.15, 0.2) is 16.6 Å². The van der Waals surface area contributed by atoms with E-state index in [0.29, 0.717) is 18.5 Å². The molecule has 0 aliphatic carbocycles. The van der Waals surface area contributed by atoms with Crippen LogP contribution in [0.3, 0.4) is 0 Å². The zero-order valence-corrected chi connectivity index (χ0v) is 7.62. The second kappa shape index (κ2) is 7.25. The van der Waals surface area contributed by atoms with Crippen LogP contribution in [-0.2, 0) is 9.59 Å². The number of aliphatic carboxylic acids is 1. The van der Waals surface area contributed by atoms with E-state index < -0.39 is 5.97 Å². The smallest absolute Gasteiger partial charge is 0.330 e. The van der Waals surface area contributed by atoms with E-state index in [1.165, 1.54) is 6.08 Å². The van der Waals surface area contributed by atoms with Gasteiger partial charge in [-0.1, -0.05) is 6.08 Å². The number of unbranched alkanes of at least 4 members (excludes halogenated alkanes) is 2. The predicted molar refractivity (Wildman–Crippen MR) is 48.2 cm³/mol. The number of aliphatic imine (C=N–C) groups is 1. The predicted octanol–water partition coefficient (Wildman–Crippen LogP) is 1.52. The Morgan fingerprint density at radius 2 is 2.23 bits per heavy atom. The van der Waals surface area contributed by atoms with E-state index in [2.05, 4.69) is 4.99 Å². The molecule has 1 N–H and O–H groups in total. The summed E-state index contributed by atoms with van der Waals surface area (Å²) in [4.78, 5) is 23.4. The molecule has 4 nitrogen and oxygen atoms in total. The van der Waals surface area contributed by atoms with Crippen LogP contribution in [0.2, 0.25) is 0 Å². The number of carboxylic acid groups (broad SMARTS) is 1. The third-order valence-corrected chi connectivity index (χ3v) is 1.58. The first-order valence-corrected chi connectivity index (χ1v) is 4.12. The molecule has 13 heavy (non-hydrogen) atoms. The van der Waals surface area contributed by atoms with Gasteiger partial charge in [-0.25, -0.2) is 14.6 Å². The van der Waals surface area contributed by atoms with E-state index in [1.54, 1.807) is 13.0 Å². The summed E-state index contributed by atoms with van der Waals surface area (Å²) in [6.45, 7) is 2.04. The Hall–Kier alpha value is -1.41. The molecular formula is C9H13NO3. The summed E-state index contributed by atoms with van der Waals surface area (Å²) in [6, 6.07) is 0. The van der Waals surface area contributed by atoms with Crippen LogP contribution in [0, 0.1) is 0 Å². The highest BCUT2D eigenvalue weighted by Gasteiger charge is 1.97. The summed E-state index contributed by atoms with van der Waals surface area (Å²) in [5.74, 6) is -0.883. The molecule has 0 aromatic rings. The Bertz CT molecular complexity index is 239. The molecule has 0 amide bonds. The van der Waals surface area contributed by atoms with Crippen molar-refractivity contribution in [3.63, 3.8) is 0 Å². The lowest BCUT2D eigenvalue weighted by Gasteiger charge is -1.93. The number of carbonyl (C=O) groups is 1. The van der Waals surface area contributed by atoms with E-state index in [1.807, 2.05) is 0 Å². The number of hydrogen-bond acceptors (Lipinski definition) is 3. The van der Waals surface area contributed by atoms with Crippen LogP contribution < -0.4 is 0 Å². The van der Waals surface area contributed by atoms with Gasteiger partial charge in [0.2, 0.25) is 6.08 Å². The molecule has 0 aromatic heterocycles. The van der Waals surface area contributed by atoms with E-state index in [0.717, 1.165) is 12.8 Å². The first kappa shape index (κ1) is 11.6. The third-order valence-electron chi connectivity index (χ3n) is 1.58. The summed E-state index contributed by atoms with van der Waals surface area (Å²) in [7, 11) is 0. The molecule has 0 saturated carbocycles. The van der Waals surface area contributed by atoms with Gasteiger partial charge in [-0.05, 0) is 26.2 Å². The lowest BCUT2D eigenvalue weighted by atomic mass is 10.2. The van der Waals surface area contributed by atoms with Crippen molar-refractivity contribution in [1.82, 2.24) is 0 Å². The summed E-state index contributed by atoms with van der Waals surface area (Å²) >= 11 is 0. The van der Waals surface area contributed by atoms with Crippen molar-refractivity contribution in [1.29, 1.82) is 0 Å². The quantitative estimate of drug-likeness (QED) is 0.294. The fourth-order valence-electron chi connectivity index (χ4n) is 0.787. The van der Waals surface area contributed by atoms with E-state index in [9.17, 15) is 9.59 Å². The molecule has 0 unspecified atom stereocenters. The minimum Gasteiger partial charge on any atom is -0.478 e. The number of carboxylic acids is 1. The summed E-state index contributed by atoms with van der Waals surface area (Å²) < 4.78 is 0.